The second kappa shape index (κ2) is 6.06. The van der Waals surface area contributed by atoms with E-state index in [-0.39, 0.29) is 16.2 Å². The molecule has 1 saturated heterocycles. The largest absolute Gasteiger partial charge is 0.337 e. The molecule has 5 nitrogen and oxygen atoms in total. The van der Waals surface area contributed by atoms with Gasteiger partial charge in [-0.1, -0.05) is 13.8 Å². The molecule has 7 heteroatoms. The Bertz CT molecular complexity index is 624. The van der Waals surface area contributed by atoms with E-state index < -0.39 is 10.0 Å². The summed E-state index contributed by atoms with van der Waals surface area (Å²) in [6, 6.07) is 1.47. The minimum absolute atomic E-state index is 0.0584. The zero-order chi connectivity index (χ0) is 15.7. The summed E-state index contributed by atoms with van der Waals surface area (Å²) in [5.74, 6) is -0.0584. The lowest BCUT2D eigenvalue weighted by atomic mass is 9.79. The molecule has 1 amide bonds. The maximum absolute atomic E-state index is 12.6. The van der Waals surface area contributed by atoms with E-state index in [1.165, 1.54) is 29.8 Å². The molecule has 0 saturated carbocycles. The summed E-state index contributed by atoms with van der Waals surface area (Å²) in [6.45, 7) is 5.85. The number of carbonyl (C=O) groups excluding carboxylic acids is 1. The van der Waals surface area contributed by atoms with Crippen molar-refractivity contribution in [1.82, 2.24) is 9.62 Å². The highest BCUT2D eigenvalue weighted by Gasteiger charge is 2.32. The van der Waals surface area contributed by atoms with E-state index in [0.717, 1.165) is 32.4 Å². The number of likely N-dealkylation sites (tertiary alicyclic amines) is 1. The van der Waals surface area contributed by atoms with Crippen molar-refractivity contribution in [1.29, 1.82) is 0 Å². The Kier molecular flexibility index (Phi) is 4.75. The molecule has 2 rings (SSSR count). The summed E-state index contributed by atoms with van der Waals surface area (Å²) < 4.78 is 25.7. The number of hydrogen-bond acceptors (Lipinski definition) is 4. The lowest BCUT2D eigenvalue weighted by Crippen LogP contribution is -2.44. The molecule has 1 aromatic heterocycles. The van der Waals surface area contributed by atoms with Crippen molar-refractivity contribution in [3.8, 4) is 0 Å². The van der Waals surface area contributed by atoms with Crippen molar-refractivity contribution in [3.05, 3.63) is 16.3 Å². The van der Waals surface area contributed by atoms with E-state index in [9.17, 15) is 13.2 Å². The van der Waals surface area contributed by atoms with E-state index in [1.54, 1.807) is 0 Å². The van der Waals surface area contributed by atoms with Gasteiger partial charge in [-0.25, -0.2) is 13.1 Å². The minimum atomic E-state index is -3.48. The van der Waals surface area contributed by atoms with Crippen molar-refractivity contribution in [2.24, 2.45) is 5.41 Å². The van der Waals surface area contributed by atoms with Crippen LogP contribution >= 0.6 is 11.3 Å². The lowest BCUT2D eigenvalue weighted by molar-refractivity contribution is 0.0547. The van der Waals surface area contributed by atoms with Gasteiger partial charge in [-0.2, -0.15) is 0 Å². The highest BCUT2D eigenvalue weighted by atomic mass is 32.2. The van der Waals surface area contributed by atoms with Crippen LogP contribution in [-0.2, 0) is 10.0 Å². The van der Waals surface area contributed by atoms with Crippen LogP contribution in [0.25, 0.3) is 0 Å². The third kappa shape index (κ3) is 3.46. The molecule has 0 radical (unpaired) electrons. The molecule has 0 unspecified atom stereocenters. The molecule has 0 aromatic carbocycles. The molecule has 1 aliphatic rings. The number of rotatable bonds is 4. The zero-order valence-electron chi connectivity index (χ0n) is 12.7. The molecule has 2 heterocycles. The number of amides is 1. The summed E-state index contributed by atoms with van der Waals surface area (Å²) in [7, 11) is -2.11. The molecule has 21 heavy (non-hydrogen) atoms. The fourth-order valence-electron chi connectivity index (χ4n) is 2.62. The summed E-state index contributed by atoms with van der Waals surface area (Å²) in [5, 5.41) is 1.52. The van der Waals surface area contributed by atoms with Gasteiger partial charge in [-0.05, 0) is 37.8 Å². The Morgan fingerprint density at radius 2 is 2.24 bits per heavy atom. The average molecular weight is 330 g/mol. The van der Waals surface area contributed by atoms with E-state index in [4.69, 9.17) is 0 Å². The summed E-state index contributed by atoms with van der Waals surface area (Å²) >= 11 is 1.19. The van der Waals surface area contributed by atoms with Crippen LogP contribution in [-0.4, -0.2) is 39.4 Å². The highest BCUT2D eigenvalue weighted by Crippen LogP contribution is 2.33. The zero-order valence-corrected chi connectivity index (χ0v) is 14.3. The van der Waals surface area contributed by atoms with E-state index >= 15 is 0 Å². The van der Waals surface area contributed by atoms with Crippen LogP contribution in [0.5, 0.6) is 0 Å². The quantitative estimate of drug-likeness (QED) is 0.921. The van der Waals surface area contributed by atoms with Gasteiger partial charge in [0, 0.05) is 18.5 Å². The van der Waals surface area contributed by atoms with Gasteiger partial charge in [-0.15, -0.1) is 11.3 Å². The molecule has 1 N–H and O–H groups in total. The molecule has 0 spiro atoms. The SMILES string of the molecule is CC[C@]1(C)CCCN(C(=O)c2cc(S(=O)(=O)NC)cs2)C1. The fraction of sp³-hybridized carbons (Fsp3) is 0.643. The van der Waals surface area contributed by atoms with E-state index in [1.807, 2.05) is 4.90 Å². The van der Waals surface area contributed by atoms with Gasteiger partial charge in [0.25, 0.3) is 5.91 Å². The standard InChI is InChI=1S/C14H22N2O3S2/c1-4-14(2)6-5-7-16(10-14)13(17)12-8-11(9-20-12)21(18,19)15-3/h8-9,15H,4-7,10H2,1-3H3/t14-/m1/s1. The second-order valence-corrected chi connectivity index (χ2v) is 8.65. The van der Waals surface area contributed by atoms with Gasteiger partial charge in [0.05, 0.1) is 9.77 Å². The van der Waals surface area contributed by atoms with Crippen LogP contribution in [0.2, 0.25) is 0 Å². The topological polar surface area (TPSA) is 66.5 Å². The number of nitrogens with zero attached hydrogens (tertiary/aromatic N) is 1. The maximum Gasteiger partial charge on any atom is 0.263 e. The number of carbonyl (C=O) groups is 1. The van der Waals surface area contributed by atoms with Gasteiger partial charge >= 0.3 is 0 Å². The van der Waals surface area contributed by atoms with Crippen molar-refractivity contribution in [2.75, 3.05) is 20.1 Å². The number of piperidine rings is 1. The Hall–Kier alpha value is -0.920. The highest BCUT2D eigenvalue weighted by molar-refractivity contribution is 7.89. The van der Waals surface area contributed by atoms with Gasteiger partial charge < -0.3 is 4.90 Å². The first-order chi connectivity index (χ1) is 9.81. The summed E-state index contributed by atoms with van der Waals surface area (Å²) in [6.07, 6.45) is 3.18. The van der Waals surface area contributed by atoms with E-state index in [0.29, 0.717) is 4.88 Å². The second-order valence-electron chi connectivity index (χ2n) is 5.85. The molecule has 1 fully saturated rings. The third-order valence-electron chi connectivity index (χ3n) is 4.29. The molecular weight excluding hydrogens is 308 g/mol. The Balaban J connectivity index is 2.17. The molecule has 1 aromatic rings. The van der Waals surface area contributed by atoms with Crippen LogP contribution in [0, 0.1) is 5.41 Å². The maximum atomic E-state index is 12.6. The summed E-state index contributed by atoms with van der Waals surface area (Å²) in [5.41, 5.74) is 0.172. The van der Waals surface area contributed by atoms with Crippen LogP contribution in [0.15, 0.2) is 16.3 Å². The van der Waals surface area contributed by atoms with Crippen LogP contribution < -0.4 is 4.72 Å². The van der Waals surface area contributed by atoms with Crippen LogP contribution in [0.1, 0.15) is 42.8 Å². The predicted molar refractivity (Wildman–Crippen MR) is 84.1 cm³/mol. The normalized spacial score (nSPS) is 23.3. The Morgan fingerprint density at radius 1 is 1.52 bits per heavy atom. The smallest absolute Gasteiger partial charge is 0.263 e. The predicted octanol–water partition coefficient (Wildman–Crippen LogP) is 2.31. The molecular formula is C14H22N2O3S2. The average Bonchev–Trinajstić information content (AvgIpc) is 2.97. The number of sulfonamides is 1. The van der Waals surface area contributed by atoms with Gasteiger partial charge in [0.1, 0.15) is 0 Å². The Labute approximate surface area is 130 Å². The monoisotopic (exact) mass is 330 g/mol. The first-order valence-corrected chi connectivity index (χ1v) is 9.49. The molecule has 0 bridgehead atoms. The number of thiophene rings is 1. The van der Waals surface area contributed by atoms with Crippen molar-refractivity contribution >= 4 is 27.3 Å². The van der Waals surface area contributed by atoms with Crippen LogP contribution in [0.3, 0.4) is 0 Å². The fourth-order valence-corrected chi connectivity index (χ4v) is 4.59. The molecule has 1 aliphatic heterocycles. The van der Waals surface area contributed by atoms with Gasteiger partial charge in [-0.3, -0.25) is 4.79 Å². The Morgan fingerprint density at radius 3 is 2.86 bits per heavy atom. The lowest BCUT2D eigenvalue weighted by Gasteiger charge is -2.39. The molecule has 118 valence electrons. The molecule has 0 aliphatic carbocycles. The van der Waals surface area contributed by atoms with Gasteiger partial charge in [0.2, 0.25) is 10.0 Å². The number of hydrogen-bond donors (Lipinski definition) is 1. The van der Waals surface area contributed by atoms with E-state index in [2.05, 4.69) is 18.6 Å². The van der Waals surface area contributed by atoms with Crippen LogP contribution in [0.4, 0.5) is 0 Å². The molecule has 1 atom stereocenters. The minimum Gasteiger partial charge on any atom is -0.337 e. The van der Waals surface area contributed by atoms with Crippen molar-refractivity contribution in [3.63, 3.8) is 0 Å². The summed E-state index contributed by atoms with van der Waals surface area (Å²) in [4.78, 5) is 15.1. The van der Waals surface area contributed by atoms with Crippen molar-refractivity contribution in [2.45, 2.75) is 38.0 Å². The first-order valence-electron chi connectivity index (χ1n) is 7.13. The third-order valence-corrected chi connectivity index (χ3v) is 6.75. The van der Waals surface area contributed by atoms with Crippen molar-refractivity contribution < 1.29 is 13.2 Å². The first kappa shape index (κ1) is 16.5. The van der Waals surface area contributed by atoms with Gasteiger partial charge in [0.15, 0.2) is 0 Å². The number of nitrogens with one attached hydrogen (secondary N) is 1.